The fourth-order valence-corrected chi connectivity index (χ4v) is 30.5. The van der Waals surface area contributed by atoms with Gasteiger partial charge < -0.3 is 0 Å². The summed E-state index contributed by atoms with van der Waals surface area (Å²) >= 11 is -0.157. The van der Waals surface area contributed by atoms with Crippen LogP contribution in [-0.2, 0) is 0 Å². The molecule has 186 valence electrons. The second kappa shape index (κ2) is 14.6. The Morgan fingerprint density at radius 2 is 1.48 bits per heavy atom. The van der Waals surface area contributed by atoms with Crippen LogP contribution >= 0.6 is 11.8 Å². The van der Waals surface area contributed by atoms with Crippen LogP contribution in [0.3, 0.4) is 0 Å². The van der Waals surface area contributed by atoms with Crippen molar-refractivity contribution in [1.29, 1.82) is 0 Å². The fourth-order valence-electron chi connectivity index (χ4n) is 6.53. The van der Waals surface area contributed by atoms with E-state index in [2.05, 4.69) is 67.8 Å². The Morgan fingerprint density at radius 1 is 0.909 bits per heavy atom. The molecule has 1 heterocycles. The van der Waals surface area contributed by atoms with E-state index in [1.165, 1.54) is 88.6 Å². The van der Waals surface area contributed by atoms with E-state index in [0.717, 1.165) is 15.2 Å². The van der Waals surface area contributed by atoms with Crippen LogP contribution < -0.4 is 0 Å². The molecule has 1 aromatic rings. The van der Waals surface area contributed by atoms with Gasteiger partial charge in [0.1, 0.15) is 0 Å². The maximum absolute atomic E-state index is 4.78. The Bertz CT molecular complexity index is 662. The van der Waals surface area contributed by atoms with Crippen LogP contribution in [0.1, 0.15) is 91.4 Å². The van der Waals surface area contributed by atoms with Crippen molar-refractivity contribution in [2.75, 3.05) is 13.1 Å². The van der Waals surface area contributed by atoms with E-state index in [1.807, 2.05) is 0 Å². The summed E-state index contributed by atoms with van der Waals surface area (Å²) in [6.45, 7) is 14.5. The molecule has 2 fully saturated rings. The number of likely N-dealkylation sites (tertiary alicyclic amines) is 1. The average Bonchev–Trinajstić information content (AvgIpc) is 3.25. The van der Waals surface area contributed by atoms with Gasteiger partial charge in [-0.2, -0.15) is 0 Å². The van der Waals surface area contributed by atoms with Gasteiger partial charge in [0.15, 0.2) is 0 Å². The molecule has 0 N–H and O–H groups in total. The molecule has 0 amide bonds. The summed E-state index contributed by atoms with van der Waals surface area (Å²) in [5, 5.41) is 0. The number of hydrogen-bond acceptors (Lipinski definition) is 2. The molecule has 1 nitrogen and oxygen atoms in total. The van der Waals surface area contributed by atoms with Gasteiger partial charge in [0.2, 0.25) is 0 Å². The molecule has 0 spiro atoms. The number of hydrogen-bond donors (Lipinski definition) is 0. The van der Waals surface area contributed by atoms with Crippen LogP contribution in [0.5, 0.6) is 0 Å². The average molecular weight is 577 g/mol. The molecule has 3 heteroatoms. The third-order valence-electron chi connectivity index (χ3n) is 8.51. The van der Waals surface area contributed by atoms with Crippen molar-refractivity contribution in [3.8, 4) is 0 Å². The quantitative estimate of drug-likeness (QED) is 0.123. The Labute approximate surface area is 214 Å². The van der Waals surface area contributed by atoms with Crippen molar-refractivity contribution in [2.45, 2.75) is 119 Å². The normalized spacial score (nSPS) is 21.5. The Hall–Kier alpha value is 0.0687. The van der Waals surface area contributed by atoms with Crippen LogP contribution in [0.15, 0.2) is 47.4 Å². The monoisotopic (exact) mass is 577 g/mol. The molecule has 0 bridgehead atoms. The Balaban J connectivity index is 1.93. The topological polar surface area (TPSA) is 3.24 Å². The third kappa shape index (κ3) is 7.77. The molecule has 2 atom stereocenters. The number of rotatable bonds is 14. The zero-order valence-corrected chi connectivity index (χ0v) is 25.7. The zero-order chi connectivity index (χ0) is 23.5. The molecule has 2 aliphatic rings. The summed E-state index contributed by atoms with van der Waals surface area (Å²) < 4.78 is 5.65. The molecular weight excluding hydrogens is 525 g/mol. The standard InChI is InChI=1S/C18H24NS.3C4H9.Sn/c1-15-12-19(17-8-4-2-5-9-17)13-16(15)14-20-18-10-6-3-7-11-18;3*1-3-4-2;/h3,6-7,10-11,14,16-17H,1-2,4-5,8-9,12-13H2;3*1,3-4H2,2H3;. The van der Waals surface area contributed by atoms with E-state index >= 15 is 0 Å². The fraction of sp³-hybridized carbons (Fsp3) is 0.733. The van der Waals surface area contributed by atoms with E-state index in [1.54, 1.807) is 18.9 Å². The first-order valence-electron chi connectivity index (χ1n) is 14.3. The van der Waals surface area contributed by atoms with Gasteiger partial charge in [-0.3, -0.25) is 0 Å². The van der Waals surface area contributed by atoms with Crippen LogP contribution in [0.4, 0.5) is 0 Å². The van der Waals surface area contributed by atoms with Crippen LogP contribution in [0, 0.1) is 5.92 Å². The first-order chi connectivity index (χ1) is 16.1. The molecule has 3 rings (SSSR count). The van der Waals surface area contributed by atoms with Crippen molar-refractivity contribution in [3.05, 3.63) is 42.5 Å². The van der Waals surface area contributed by atoms with Gasteiger partial charge in [0.25, 0.3) is 0 Å². The van der Waals surface area contributed by atoms with Crippen molar-refractivity contribution in [2.24, 2.45) is 5.92 Å². The summed E-state index contributed by atoms with van der Waals surface area (Å²) in [6, 6.07) is 12.3. The minimum atomic E-state index is -2.46. The molecule has 0 aromatic heterocycles. The molecule has 1 saturated carbocycles. The molecule has 1 aliphatic carbocycles. The summed E-state index contributed by atoms with van der Waals surface area (Å²) in [5.41, 5.74) is 1.58. The molecule has 2 unspecified atom stereocenters. The second-order valence-corrected chi connectivity index (χ2v) is 27.3. The van der Waals surface area contributed by atoms with Crippen molar-refractivity contribution >= 4 is 30.1 Å². The maximum atomic E-state index is 4.78. The number of nitrogens with zero attached hydrogens (tertiary/aromatic N) is 1. The summed E-state index contributed by atoms with van der Waals surface area (Å²) in [4.78, 5) is 4.39. The van der Waals surface area contributed by atoms with Gasteiger partial charge in [-0.05, 0) is 0 Å². The molecule has 1 saturated heterocycles. The second-order valence-electron chi connectivity index (χ2n) is 11.0. The van der Waals surface area contributed by atoms with Crippen molar-refractivity contribution in [1.82, 2.24) is 4.90 Å². The predicted molar refractivity (Wildman–Crippen MR) is 152 cm³/mol. The SMILES string of the molecule is C=C1CN(C2CCCCC2)CC1[CH](Sc1ccccc1)[Sn]([CH2]CCC)([CH2]CCC)[CH2]CCC. The van der Waals surface area contributed by atoms with Gasteiger partial charge in [-0.1, -0.05) is 0 Å². The molecular formula is C30H51NSSn. The summed E-state index contributed by atoms with van der Waals surface area (Å²) in [7, 11) is 0. The molecule has 33 heavy (non-hydrogen) atoms. The van der Waals surface area contributed by atoms with E-state index in [9.17, 15) is 0 Å². The Kier molecular flexibility index (Phi) is 12.2. The Morgan fingerprint density at radius 3 is 2.03 bits per heavy atom. The van der Waals surface area contributed by atoms with E-state index in [0.29, 0.717) is 0 Å². The zero-order valence-electron chi connectivity index (χ0n) is 22.0. The van der Waals surface area contributed by atoms with E-state index in [-0.39, 0.29) is 0 Å². The number of thioether (sulfide) groups is 1. The van der Waals surface area contributed by atoms with Crippen molar-refractivity contribution in [3.63, 3.8) is 0 Å². The van der Waals surface area contributed by atoms with Gasteiger partial charge >= 0.3 is 215 Å². The van der Waals surface area contributed by atoms with E-state index < -0.39 is 18.4 Å². The van der Waals surface area contributed by atoms with Gasteiger partial charge in [0, 0.05) is 0 Å². The van der Waals surface area contributed by atoms with Crippen LogP contribution in [0.25, 0.3) is 0 Å². The summed E-state index contributed by atoms with van der Waals surface area (Å²) in [5.74, 6) is 0.721. The van der Waals surface area contributed by atoms with Gasteiger partial charge in [-0.15, -0.1) is 0 Å². The van der Waals surface area contributed by atoms with Crippen LogP contribution in [0.2, 0.25) is 13.3 Å². The predicted octanol–water partition coefficient (Wildman–Crippen LogP) is 9.36. The number of benzene rings is 1. The van der Waals surface area contributed by atoms with Crippen molar-refractivity contribution < 1.29 is 0 Å². The molecule has 0 radical (unpaired) electrons. The number of unbranched alkanes of at least 4 members (excludes halogenated alkanes) is 3. The van der Waals surface area contributed by atoms with Gasteiger partial charge in [-0.25, -0.2) is 0 Å². The van der Waals surface area contributed by atoms with E-state index in [4.69, 9.17) is 6.58 Å². The first-order valence-corrected chi connectivity index (χ1v) is 22.8. The molecule has 1 aliphatic heterocycles. The molecule has 1 aromatic carbocycles. The minimum absolute atomic E-state index is 0.721. The van der Waals surface area contributed by atoms with Crippen LogP contribution in [-0.4, -0.2) is 45.7 Å². The van der Waals surface area contributed by atoms with Gasteiger partial charge in [0.05, 0.1) is 0 Å². The third-order valence-corrected chi connectivity index (χ3v) is 30.1. The summed E-state index contributed by atoms with van der Waals surface area (Å²) in [6.07, 6.45) is 15.6. The first kappa shape index (κ1) is 27.7.